The highest BCUT2D eigenvalue weighted by atomic mass is 79.9. The Balaban J connectivity index is 2.69. The number of ether oxygens (including phenoxy) is 1. The minimum Gasteiger partial charge on any atom is -0.450 e. The van der Waals surface area contributed by atoms with Crippen molar-refractivity contribution in [2.75, 3.05) is 11.9 Å². The molecule has 0 aromatic heterocycles. The van der Waals surface area contributed by atoms with Crippen LogP contribution >= 0.6 is 15.9 Å². The number of nitro benzene ring substituents is 1. The second-order valence-electron chi connectivity index (χ2n) is 4.91. The lowest BCUT2D eigenvalue weighted by Crippen LogP contribution is -2.43. The van der Waals surface area contributed by atoms with Crippen molar-refractivity contribution in [2.24, 2.45) is 0 Å². The molecule has 1 aromatic carbocycles. The van der Waals surface area contributed by atoms with Gasteiger partial charge in [-0.05, 0) is 18.4 Å². The van der Waals surface area contributed by atoms with Crippen LogP contribution in [0.5, 0.6) is 0 Å². The summed E-state index contributed by atoms with van der Waals surface area (Å²) in [4.78, 5) is 33.8. The van der Waals surface area contributed by atoms with Crippen molar-refractivity contribution in [1.82, 2.24) is 5.32 Å². The van der Waals surface area contributed by atoms with Gasteiger partial charge in [0.2, 0.25) is 0 Å². The SMILES string of the molecule is CCCCOC(=O)N[C@@H](Cc1ccc([N+](=O)[O-])cc1)C(=O)CBr. The molecule has 0 bridgehead atoms. The Hall–Kier alpha value is -1.96. The van der Waals surface area contributed by atoms with Gasteiger partial charge in [0.05, 0.1) is 22.9 Å². The summed E-state index contributed by atoms with van der Waals surface area (Å²) in [7, 11) is 0. The Labute approximate surface area is 142 Å². The number of hydrogen-bond donors (Lipinski definition) is 1. The van der Waals surface area contributed by atoms with Crippen LogP contribution in [0.2, 0.25) is 0 Å². The molecule has 0 saturated carbocycles. The lowest BCUT2D eigenvalue weighted by molar-refractivity contribution is -0.384. The van der Waals surface area contributed by atoms with Gasteiger partial charge in [-0.15, -0.1) is 0 Å². The Bertz CT molecular complexity index is 547. The third kappa shape index (κ3) is 6.77. The van der Waals surface area contributed by atoms with Crippen LogP contribution in [-0.2, 0) is 16.0 Å². The second kappa shape index (κ2) is 9.94. The van der Waals surface area contributed by atoms with Crippen LogP contribution in [0.25, 0.3) is 0 Å². The highest BCUT2D eigenvalue weighted by Gasteiger charge is 2.21. The standard InChI is InChI=1S/C15H19BrN2O5/c1-2-3-8-23-15(20)17-13(14(19)10-16)9-11-4-6-12(7-5-11)18(21)22/h4-7,13H,2-3,8-10H2,1H3,(H,17,20)/t13-/m0/s1. The van der Waals surface area contributed by atoms with Gasteiger partial charge in [0.15, 0.2) is 5.78 Å². The van der Waals surface area contributed by atoms with Crippen LogP contribution in [-0.4, -0.2) is 34.8 Å². The van der Waals surface area contributed by atoms with Crippen LogP contribution in [0.4, 0.5) is 10.5 Å². The number of ketones is 1. The summed E-state index contributed by atoms with van der Waals surface area (Å²) in [5, 5.41) is 13.3. The molecule has 0 heterocycles. The molecular weight excluding hydrogens is 368 g/mol. The molecule has 0 spiro atoms. The van der Waals surface area contributed by atoms with Crippen molar-refractivity contribution >= 4 is 33.5 Å². The van der Waals surface area contributed by atoms with Crippen LogP contribution in [0.1, 0.15) is 25.3 Å². The number of halogens is 1. The van der Waals surface area contributed by atoms with E-state index >= 15 is 0 Å². The molecule has 0 fully saturated rings. The summed E-state index contributed by atoms with van der Waals surface area (Å²) in [6, 6.07) is 5.12. The van der Waals surface area contributed by atoms with Crippen molar-refractivity contribution in [1.29, 1.82) is 0 Å². The molecule has 1 aromatic rings. The molecule has 7 nitrogen and oxygen atoms in total. The normalized spacial score (nSPS) is 11.6. The first-order valence-electron chi connectivity index (χ1n) is 7.23. The highest BCUT2D eigenvalue weighted by Crippen LogP contribution is 2.14. The topological polar surface area (TPSA) is 98.5 Å². The number of rotatable bonds is 9. The third-order valence-electron chi connectivity index (χ3n) is 3.13. The Kier molecular flexibility index (Phi) is 8.25. The molecule has 8 heteroatoms. The first-order valence-corrected chi connectivity index (χ1v) is 8.35. The molecule has 0 aliphatic carbocycles. The number of nitro groups is 1. The van der Waals surface area contributed by atoms with Crippen molar-refractivity contribution in [3.63, 3.8) is 0 Å². The van der Waals surface area contributed by atoms with Crippen LogP contribution < -0.4 is 5.32 Å². The molecular formula is C15H19BrN2O5. The van der Waals surface area contributed by atoms with Gasteiger partial charge in [0.25, 0.3) is 5.69 Å². The van der Waals surface area contributed by atoms with Gasteiger partial charge in [-0.25, -0.2) is 4.79 Å². The number of nitrogens with zero attached hydrogens (tertiary/aromatic N) is 1. The fourth-order valence-corrected chi connectivity index (χ4v) is 2.21. The van der Waals surface area contributed by atoms with E-state index in [0.29, 0.717) is 12.2 Å². The number of benzene rings is 1. The van der Waals surface area contributed by atoms with Gasteiger partial charge < -0.3 is 10.1 Å². The summed E-state index contributed by atoms with van der Waals surface area (Å²) in [5.41, 5.74) is 0.688. The van der Waals surface area contributed by atoms with E-state index in [0.717, 1.165) is 12.8 Å². The van der Waals surface area contributed by atoms with E-state index in [4.69, 9.17) is 4.74 Å². The van der Waals surface area contributed by atoms with Gasteiger partial charge in [-0.2, -0.15) is 0 Å². The number of hydrogen-bond acceptors (Lipinski definition) is 5. The number of amides is 1. The summed E-state index contributed by atoms with van der Waals surface area (Å²) in [6.07, 6.45) is 1.26. The number of carbonyl (C=O) groups is 2. The number of Topliss-reactive ketones (excluding diaryl/α,β-unsaturated/α-hetero) is 1. The maximum atomic E-state index is 11.9. The van der Waals surface area contributed by atoms with E-state index in [2.05, 4.69) is 21.2 Å². The maximum Gasteiger partial charge on any atom is 0.407 e. The predicted molar refractivity (Wildman–Crippen MR) is 88.8 cm³/mol. The largest absolute Gasteiger partial charge is 0.450 e. The quantitative estimate of drug-likeness (QED) is 0.304. The molecule has 1 amide bonds. The summed E-state index contributed by atoms with van der Waals surface area (Å²) < 4.78 is 4.99. The molecule has 23 heavy (non-hydrogen) atoms. The molecule has 1 rings (SSSR count). The van der Waals surface area contributed by atoms with Gasteiger partial charge >= 0.3 is 6.09 Å². The van der Waals surface area contributed by atoms with E-state index in [9.17, 15) is 19.7 Å². The fourth-order valence-electron chi connectivity index (χ4n) is 1.82. The van der Waals surface area contributed by atoms with Crippen LogP contribution in [0.3, 0.4) is 0 Å². The van der Waals surface area contributed by atoms with Crippen molar-refractivity contribution in [3.05, 3.63) is 39.9 Å². The van der Waals surface area contributed by atoms with Gasteiger partial charge in [-0.3, -0.25) is 14.9 Å². The Morgan fingerprint density at radius 2 is 2.00 bits per heavy atom. The van der Waals surface area contributed by atoms with Crippen molar-refractivity contribution < 1.29 is 19.2 Å². The minimum absolute atomic E-state index is 0.0240. The van der Waals surface area contributed by atoms with Crippen LogP contribution in [0, 0.1) is 10.1 Å². The molecule has 1 atom stereocenters. The molecule has 0 radical (unpaired) electrons. The van der Waals surface area contributed by atoms with Gasteiger partial charge in [0, 0.05) is 12.1 Å². The summed E-state index contributed by atoms with van der Waals surface area (Å²) >= 11 is 3.08. The van der Waals surface area contributed by atoms with Gasteiger partial charge in [0.1, 0.15) is 0 Å². The maximum absolute atomic E-state index is 11.9. The molecule has 1 N–H and O–H groups in total. The average Bonchev–Trinajstić information content (AvgIpc) is 2.54. The van der Waals surface area contributed by atoms with Crippen LogP contribution in [0.15, 0.2) is 24.3 Å². The zero-order valence-corrected chi connectivity index (χ0v) is 14.4. The third-order valence-corrected chi connectivity index (χ3v) is 3.68. The van der Waals surface area contributed by atoms with Crippen molar-refractivity contribution in [3.8, 4) is 0 Å². The monoisotopic (exact) mass is 386 g/mol. The zero-order valence-electron chi connectivity index (χ0n) is 12.8. The first-order chi connectivity index (χ1) is 11.0. The van der Waals surface area contributed by atoms with E-state index in [1.807, 2.05) is 6.92 Å². The van der Waals surface area contributed by atoms with E-state index in [-0.39, 0.29) is 23.2 Å². The fraction of sp³-hybridized carbons (Fsp3) is 0.467. The molecule has 0 aliphatic rings. The number of carbonyl (C=O) groups excluding carboxylic acids is 2. The second-order valence-corrected chi connectivity index (χ2v) is 5.47. The first kappa shape index (κ1) is 19.1. The zero-order chi connectivity index (χ0) is 17.2. The molecule has 126 valence electrons. The van der Waals surface area contributed by atoms with E-state index in [1.54, 1.807) is 12.1 Å². The van der Waals surface area contributed by atoms with E-state index < -0.39 is 17.1 Å². The van der Waals surface area contributed by atoms with E-state index in [1.165, 1.54) is 12.1 Å². The smallest absolute Gasteiger partial charge is 0.407 e. The number of alkyl carbamates (subject to hydrolysis) is 1. The summed E-state index contributed by atoms with van der Waals surface area (Å²) in [6.45, 7) is 2.28. The van der Waals surface area contributed by atoms with Gasteiger partial charge in [-0.1, -0.05) is 41.4 Å². The lowest BCUT2D eigenvalue weighted by Gasteiger charge is -2.16. The van der Waals surface area contributed by atoms with Crippen molar-refractivity contribution in [2.45, 2.75) is 32.2 Å². The Morgan fingerprint density at radius 3 is 2.52 bits per heavy atom. The lowest BCUT2D eigenvalue weighted by atomic mass is 10.0. The number of alkyl halides is 1. The Morgan fingerprint density at radius 1 is 1.35 bits per heavy atom. The predicted octanol–water partition coefficient (Wildman–Crippen LogP) is 3.00. The minimum atomic E-state index is -0.745. The highest BCUT2D eigenvalue weighted by molar-refractivity contribution is 9.09. The average molecular weight is 387 g/mol. The molecule has 0 aliphatic heterocycles. The summed E-state index contributed by atoms with van der Waals surface area (Å²) in [5.74, 6) is -0.198. The molecule has 0 unspecified atom stereocenters. The number of unbranched alkanes of at least 4 members (excludes halogenated alkanes) is 1. The number of non-ortho nitro benzene ring substituents is 1. The molecule has 0 saturated heterocycles. The number of nitrogens with one attached hydrogen (secondary N) is 1.